The summed E-state index contributed by atoms with van der Waals surface area (Å²) in [7, 11) is 8.45. The van der Waals surface area contributed by atoms with Crippen LogP contribution in [-0.2, 0) is 5.60 Å². The Morgan fingerprint density at radius 3 is 2.13 bits per heavy atom. The summed E-state index contributed by atoms with van der Waals surface area (Å²) in [4.78, 5) is 15.8. The smallest absolute Gasteiger partial charge is 0.217 e. The van der Waals surface area contributed by atoms with Gasteiger partial charge in [-0.15, -0.1) is 0 Å². The first-order chi connectivity index (χ1) is 21.5. The lowest BCUT2D eigenvalue weighted by atomic mass is 9.72. The molecule has 1 N–H and O–H groups in total. The van der Waals surface area contributed by atoms with E-state index in [0.29, 0.717) is 63.9 Å². The summed E-state index contributed by atoms with van der Waals surface area (Å²) >= 11 is 0. The second-order valence-corrected chi connectivity index (χ2v) is 11.1. The number of nitrogens with zero attached hydrogens (tertiary/aromatic N) is 5. The van der Waals surface area contributed by atoms with Crippen molar-refractivity contribution < 1.29 is 28.8 Å². The zero-order valence-corrected chi connectivity index (χ0v) is 27.1. The van der Waals surface area contributed by atoms with Crippen LogP contribution in [0.15, 0.2) is 48.5 Å². The lowest BCUT2D eigenvalue weighted by Crippen LogP contribution is -2.38. The van der Waals surface area contributed by atoms with Crippen molar-refractivity contribution in [2.75, 3.05) is 48.6 Å². The molecular formula is C34H41N5O6. The molecule has 3 aromatic heterocycles. The van der Waals surface area contributed by atoms with Crippen LogP contribution >= 0.6 is 0 Å². The maximum absolute atomic E-state index is 13.2. The predicted octanol–water partition coefficient (Wildman–Crippen LogP) is 5.08. The van der Waals surface area contributed by atoms with Crippen molar-refractivity contribution in [2.45, 2.75) is 44.8 Å². The minimum atomic E-state index is -1.62. The third-order valence-electron chi connectivity index (χ3n) is 7.34. The van der Waals surface area contributed by atoms with Crippen LogP contribution in [0.2, 0.25) is 0 Å². The van der Waals surface area contributed by atoms with E-state index in [1.165, 1.54) is 14.2 Å². The van der Waals surface area contributed by atoms with Crippen molar-refractivity contribution in [3.8, 4) is 35.5 Å². The van der Waals surface area contributed by atoms with Gasteiger partial charge in [-0.3, -0.25) is 0 Å². The lowest BCUT2D eigenvalue weighted by Gasteiger charge is -2.39. The number of pyridine rings is 3. The van der Waals surface area contributed by atoms with Crippen LogP contribution in [0, 0.1) is 11.3 Å². The molecule has 0 aliphatic carbocycles. The van der Waals surface area contributed by atoms with Gasteiger partial charge in [-0.1, -0.05) is 0 Å². The van der Waals surface area contributed by atoms with Crippen LogP contribution in [-0.4, -0.2) is 79.6 Å². The van der Waals surface area contributed by atoms with Gasteiger partial charge < -0.3 is 33.7 Å². The Morgan fingerprint density at radius 2 is 1.56 bits per heavy atom. The monoisotopic (exact) mass is 615 g/mol. The van der Waals surface area contributed by atoms with Crippen molar-refractivity contribution >= 4 is 10.9 Å². The molecule has 0 bridgehead atoms. The fraction of sp³-hybridized carbons (Fsp3) is 0.412. The molecule has 0 radical (unpaired) electrons. The third kappa shape index (κ3) is 7.53. The zero-order chi connectivity index (χ0) is 32.7. The second kappa shape index (κ2) is 14.4. The number of aromatic nitrogens is 3. The van der Waals surface area contributed by atoms with Gasteiger partial charge in [-0.2, -0.15) is 15.2 Å². The highest BCUT2D eigenvalue weighted by molar-refractivity contribution is 5.82. The topological polar surface area (TPSA) is 132 Å². The molecule has 11 heteroatoms. The van der Waals surface area contributed by atoms with Gasteiger partial charge in [-0.05, 0) is 76.7 Å². The fourth-order valence-electron chi connectivity index (χ4n) is 5.31. The van der Waals surface area contributed by atoms with E-state index in [-0.39, 0.29) is 24.3 Å². The zero-order valence-electron chi connectivity index (χ0n) is 27.1. The first-order valence-corrected chi connectivity index (χ1v) is 14.7. The summed E-state index contributed by atoms with van der Waals surface area (Å²) in [5, 5.41) is 23.6. The van der Waals surface area contributed by atoms with E-state index in [1.807, 2.05) is 45.8 Å². The molecule has 1 aromatic carbocycles. The second-order valence-electron chi connectivity index (χ2n) is 11.1. The molecule has 0 saturated heterocycles. The highest BCUT2D eigenvalue weighted by Crippen LogP contribution is 2.49. The summed E-state index contributed by atoms with van der Waals surface area (Å²) in [6.07, 6.45) is 0.107. The third-order valence-corrected chi connectivity index (χ3v) is 7.34. The Morgan fingerprint density at radius 1 is 0.889 bits per heavy atom. The molecule has 0 spiro atoms. The van der Waals surface area contributed by atoms with E-state index in [9.17, 15) is 10.4 Å². The van der Waals surface area contributed by atoms with E-state index in [2.05, 4.69) is 16.0 Å². The van der Waals surface area contributed by atoms with Gasteiger partial charge >= 0.3 is 0 Å². The number of nitriles is 1. The molecule has 45 heavy (non-hydrogen) atoms. The molecular weight excluding hydrogens is 574 g/mol. The molecule has 238 valence electrons. The molecule has 3 heterocycles. The fourth-order valence-corrected chi connectivity index (χ4v) is 5.31. The van der Waals surface area contributed by atoms with Crippen LogP contribution < -0.4 is 23.7 Å². The van der Waals surface area contributed by atoms with Gasteiger partial charge in [0.1, 0.15) is 5.60 Å². The molecule has 11 nitrogen and oxygen atoms in total. The molecule has 0 unspecified atom stereocenters. The molecule has 0 aliphatic rings. The van der Waals surface area contributed by atoms with Crippen molar-refractivity contribution in [1.29, 1.82) is 5.26 Å². The lowest BCUT2D eigenvalue weighted by molar-refractivity contribution is 0.00317. The molecule has 2 atom stereocenters. The largest absolute Gasteiger partial charge is 0.481 e. The summed E-state index contributed by atoms with van der Waals surface area (Å²) in [6.45, 7) is 6.60. The summed E-state index contributed by atoms with van der Waals surface area (Å²) < 4.78 is 28.9. The van der Waals surface area contributed by atoms with Gasteiger partial charge in [-0.25, -0.2) is 4.98 Å². The van der Waals surface area contributed by atoms with E-state index < -0.39 is 11.5 Å². The molecule has 0 amide bonds. The first-order valence-electron chi connectivity index (χ1n) is 14.7. The van der Waals surface area contributed by atoms with E-state index >= 15 is 0 Å². The van der Waals surface area contributed by atoms with Crippen LogP contribution in [0.25, 0.3) is 10.9 Å². The van der Waals surface area contributed by atoms with Crippen LogP contribution in [0.1, 0.15) is 55.4 Å². The van der Waals surface area contributed by atoms with Gasteiger partial charge in [0.25, 0.3) is 0 Å². The highest BCUT2D eigenvalue weighted by Gasteiger charge is 2.44. The minimum Gasteiger partial charge on any atom is -0.481 e. The maximum atomic E-state index is 13.2. The highest BCUT2D eigenvalue weighted by atomic mass is 16.5. The number of aliphatic hydroxyl groups is 1. The van der Waals surface area contributed by atoms with Crippen LogP contribution in [0.4, 0.5) is 0 Å². The minimum absolute atomic E-state index is 0.164. The van der Waals surface area contributed by atoms with E-state index in [0.717, 1.165) is 0 Å². The molecule has 0 aliphatic heterocycles. The van der Waals surface area contributed by atoms with Gasteiger partial charge in [0, 0.05) is 47.7 Å². The number of methoxy groups -OCH3 is 3. The number of fused-ring (bicyclic) bond motifs is 1. The summed E-state index contributed by atoms with van der Waals surface area (Å²) in [5.41, 5.74) is 1.25. The Kier molecular flexibility index (Phi) is 10.6. The van der Waals surface area contributed by atoms with Gasteiger partial charge in [0.15, 0.2) is 0 Å². The van der Waals surface area contributed by atoms with Crippen molar-refractivity contribution in [3.63, 3.8) is 0 Å². The van der Waals surface area contributed by atoms with E-state index in [4.69, 9.17) is 28.7 Å². The quantitative estimate of drug-likeness (QED) is 0.204. The Hall–Kier alpha value is -4.66. The van der Waals surface area contributed by atoms with Crippen molar-refractivity contribution in [1.82, 2.24) is 19.9 Å². The first kappa shape index (κ1) is 33.2. The van der Waals surface area contributed by atoms with Crippen molar-refractivity contribution in [3.05, 3.63) is 70.8 Å². The average Bonchev–Trinajstić information content (AvgIpc) is 3.02. The Labute approximate surface area is 264 Å². The summed E-state index contributed by atoms with van der Waals surface area (Å²) in [6, 6.07) is 16.4. The Bertz CT molecular complexity index is 1650. The maximum Gasteiger partial charge on any atom is 0.217 e. The van der Waals surface area contributed by atoms with Crippen LogP contribution in [0.3, 0.4) is 0 Å². The van der Waals surface area contributed by atoms with E-state index in [1.54, 1.807) is 49.6 Å². The van der Waals surface area contributed by atoms with Crippen LogP contribution in [0.5, 0.6) is 29.4 Å². The summed E-state index contributed by atoms with van der Waals surface area (Å²) in [5.74, 6) is 0.743. The van der Waals surface area contributed by atoms with Gasteiger partial charge in [0.2, 0.25) is 29.4 Å². The average molecular weight is 616 g/mol. The number of rotatable bonds is 14. The standard InChI is InChI=1S/C34H41N5O6/c1-9-44-30-16-24(17-31(38-30)45-21(2)3)32(26-15-23-14-22(20-35)10-11-27(23)36-33(26)43-8)34(40,12-13-39(4)5)25-18-28(41-6)37-29(19-25)42-7/h10-11,14-19,21,32,40H,9,12-13H2,1-8H3/t32-,34-/m1/s1. The molecule has 0 fully saturated rings. The predicted molar refractivity (Wildman–Crippen MR) is 170 cm³/mol. The number of benzene rings is 1. The normalized spacial score (nSPS) is 13.3. The number of hydrogen-bond acceptors (Lipinski definition) is 11. The SMILES string of the molecule is CCOc1cc([C@H](c2cc3cc(C#N)ccc3nc2OC)[C@@](O)(CCN(C)C)c2cc(OC)nc(OC)c2)cc(OC(C)C)n1. The molecule has 4 rings (SSSR count). The number of ether oxygens (including phenoxy) is 5. The molecule has 4 aromatic rings. The number of hydrogen-bond donors (Lipinski definition) is 1. The Balaban J connectivity index is 2.14. The van der Waals surface area contributed by atoms with Gasteiger partial charge in [0.05, 0.1) is 51.2 Å². The van der Waals surface area contributed by atoms with Crippen molar-refractivity contribution in [2.24, 2.45) is 0 Å². The molecule has 0 saturated carbocycles.